The fourth-order valence-corrected chi connectivity index (χ4v) is 2.95. The van der Waals surface area contributed by atoms with Gasteiger partial charge >= 0.3 is 0 Å². The summed E-state index contributed by atoms with van der Waals surface area (Å²) in [6.45, 7) is 10.3. The number of hydrogen-bond acceptors (Lipinski definition) is 4. The second-order valence-electron chi connectivity index (χ2n) is 6.47. The average Bonchev–Trinajstić information content (AvgIpc) is 3.20. The molecule has 7 nitrogen and oxygen atoms in total. The number of carbonyl (C=O) groups is 1. The smallest absolute Gasteiger partial charge is 0.272 e. The van der Waals surface area contributed by atoms with E-state index in [-0.39, 0.29) is 17.9 Å². The Morgan fingerprint density at radius 3 is 2.92 bits per heavy atom. The van der Waals surface area contributed by atoms with Crippen molar-refractivity contribution in [3.63, 3.8) is 0 Å². The molecule has 2 aromatic heterocycles. The minimum Gasteiger partial charge on any atom is -0.377 e. The van der Waals surface area contributed by atoms with Crippen molar-refractivity contribution in [3.05, 3.63) is 35.2 Å². The summed E-state index contributed by atoms with van der Waals surface area (Å²) in [6.07, 6.45) is 1.78. The van der Waals surface area contributed by atoms with Crippen molar-refractivity contribution in [3.8, 4) is 0 Å². The molecule has 2 aromatic rings. The second-order valence-corrected chi connectivity index (χ2v) is 6.47. The number of amides is 1. The Balaban J connectivity index is 1.92. The molecule has 0 radical (unpaired) electrons. The summed E-state index contributed by atoms with van der Waals surface area (Å²) in [6, 6.07) is 1.72. The quantitative estimate of drug-likeness (QED) is 0.932. The fourth-order valence-electron chi connectivity index (χ4n) is 2.95. The molecule has 3 heterocycles. The highest BCUT2D eigenvalue weighted by Crippen LogP contribution is 2.25. The van der Waals surface area contributed by atoms with Crippen molar-refractivity contribution in [1.82, 2.24) is 24.6 Å². The van der Waals surface area contributed by atoms with Gasteiger partial charge in [0.25, 0.3) is 5.91 Å². The van der Waals surface area contributed by atoms with E-state index in [9.17, 15) is 4.79 Å². The maximum absolute atomic E-state index is 13.2. The zero-order valence-corrected chi connectivity index (χ0v) is 14.7. The Kier molecular flexibility index (Phi) is 4.71. The SMILES string of the molecule is CCn1nc(C(C)C)cc1C(=O)N1CCOCC1c1ncc(C)[nH]1. The van der Waals surface area contributed by atoms with Crippen LogP contribution in [0, 0.1) is 6.92 Å². The minimum absolute atomic E-state index is 0.0152. The third kappa shape index (κ3) is 3.08. The number of ether oxygens (including phenoxy) is 1. The van der Waals surface area contributed by atoms with Gasteiger partial charge in [0.05, 0.1) is 18.9 Å². The van der Waals surface area contributed by atoms with E-state index in [0.29, 0.717) is 32.0 Å². The van der Waals surface area contributed by atoms with Crippen LogP contribution in [0.5, 0.6) is 0 Å². The van der Waals surface area contributed by atoms with E-state index < -0.39 is 0 Å². The van der Waals surface area contributed by atoms with Crippen LogP contribution in [0.1, 0.15) is 60.4 Å². The van der Waals surface area contributed by atoms with E-state index in [1.165, 1.54) is 0 Å². The molecule has 1 fully saturated rings. The fraction of sp³-hybridized carbons (Fsp3) is 0.588. The van der Waals surface area contributed by atoms with Gasteiger partial charge in [-0.15, -0.1) is 0 Å². The molecule has 0 saturated carbocycles. The Bertz CT molecular complexity index is 718. The van der Waals surface area contributed by atoms with Crippen molar-refractivity contribution in [2.75, 3.05) is 19.8 Å². The topological polar surface area (TPSA) is 76.0 Å². The molecule has 1 unspecified atom stereocenters. The Morgan fingerprint density at radius 2 is 2.29 bits per heavy atom. The summed E-state index contributed by atoms with van der Waals surface area (Å²) < 4.78 is 7.38. The van der Waals surface area contributed by atoms with Crippen LogP contribution in [0.3, 0.4) is 0 Å². The van der Waals surface area contributed by atoms with Crippen molar-refractivity contribution < 1.29 is 9.53 Å². The first-order valence-corrected chi connectivity index (χ1v) is 8.49. The maximum atomic E-state index is 13.2. The molecule has 0 aromatic carbocycles. The third-order valence-electron chi connectivity index (χ3n) is 4.34. The van der Waals surface area contributed by atoms with E-state index in [1.54, 1.807) is 10.9 Å². The molecule has 1 atom stereocenters. The standard InChI is InChI=1S/C17H25N5O2/c1-5-22-14(8-13(20-22)11(2)3)17(23)21-6-7-24-10-15(21)16-18-9-12(4)19-16/h8-9,11,15H,5-7,10H2,1-4H3,(H,18,19). The monoisotopic (exact) mass is 331 g/mol. The molecular weight excluding hydrogens is 306 g/mol. The van der Waals surface area contributed by atoms with Gasteiger partial charge in [0, 0.05) is 25.0 Å². The summed E-state index contributed by atoms with van der Waals surface area (Å²) in [7, 11) is 0. The number of aryl methyl sites for hydroxylation is 2. The predicted molar refractivity (Wildman–Crippen MR) is 89.9 cm³/mol. The van der Waals surface area contributed by atoms with Gasteiger partial charge in [0.1, 0.15) is 17.6 Å². The molecule has 0 aliphatic carbocycles. The Hall–Kier alpha value is -2.15. The summed E-state index contributed by atoms with van der Waals surface area (Å²) in [4.78, 5) is 22.6. The lowest BCUT2D eigenvalue weighted by Gasteiger charge is -2.34. The molecule has 1 saturated heterocycles. The first kappa shape index (κ1) is 16.7. The third-order valence-corrected chi connectivity index (χ3v) is 4.34. The largest absolute Gasteiger partial charge is 0.377 e. The van der Waals surface area contributed by atoms with Crippen molar-refractivity contribution in [1.29, 1.82) is 0 Å². The zero-order chi connectivity index (χ0) is 17.3. The summed E-state index contributed by atoms with van der Waals surface area (Å²) >= 11 is 0. The van der Waals surface area contributed by atoms with Crippen molar-refractivity contribution >= 4 is 5.91 Å². The highest BCUT2D eigenvalue weighted by atomic mass is 16.5. The lowest BCUT2D eigenvalue weighted by Crippen LogP contribution is -2.44. The summed E-state index contributed by atoms with van der Waals surface area (Å²) in [5.41, 5.74) is 2.55. The van der Waals surface area contributed by atoms with Crippen molar-refractivity contribution in [2.24, 2.45) is 0 Å². The predicted octanol–water partition coefficient (Wildman–Crippen LogP) is 2.27. The summed E-state index contributed by atoms with van der Waals surface area (Å²) in [5.74, 6) is 1.04. The second kappa shape index (κ2) is 6.76. The van der Waals surface area contributed by atoms with Gasteiger partial charge in [-0.2, -0.15) is 5.10 Å². The number of nitrogens with zero attached hydrogens (tertiary/aromatic N) is 4. The van der Waals surface area contributed by atoms with Gasteiger partial charge in [-0.3, -0.25) is 9.48 Å². The van der Waals surface area contributed by atoms with Crippen LogP contribution in [-0.2, 0) is 11.3 Å². The number of hydrogen-bond donors (Lipinski definition) is 1. The highest BCUT2D eigenvalue weighted by molar-refractivity contribution is 5.93. The molecule has 0 spiro atoms. The number of nitrogens with one attached hydrogen (secondary N) is 1. The number of carbonyl (C=O) groups excluding carboxylic acids is 1. The first-order chi connectivity index (χ1) is 11.5. The van der Waals surface area contributed by atoms with Gasteiger partial charge in [0.15, 0.2) is 0 Å². The average molecular weight is 331 g/mol. The number of imidazole rings is 1. The Morgan fingerprint density at radius 1 is 1.50 bits per heavy atom. The molecule has 7 heteroatoms. The molecule has 1 aliphatic rings. The Labute approximate surface area is 142 Å². The van der Waals surface area contributed by atoms with Gasteiger partial charge < -0.3 is 14.6 Å². The molecule has 1 aliphatic heterocycles. The van der Waals surface area contributed by atoms with E-state index >= 15 is 0 Å². The summed E-state index contributed by atoms with van der Waals surface area (Å²) in [5, 5.41) is 4.56. The van der Waals surface area contributed by atoms with E-state index in [2.05, 4.69) is 28.9 Å². The minimum atomic E-state index is -0.192. The maximum Gasteiger partial charge on any atom is 0.272 e. The van der Waals surface area contributed by atoms with Crippen molar-refractivity contribution in [2.45, 2.75) is 46.2 Å². The molecule has 0 bridgehead atoms. The number of aromatic nitrogens is 4. The van der Waals surface area contributed by atoms with Gasteiger partial charge in [-0.05, 0) is 25.8 Å². The normalized spacial score (nSPS) is 18.4. The van der Waals surface area contributed by atoms with Gasteiger partial charge in [0.2, 0.25) is 0 Å². The van der Waals surface area contributed by atoms with Crippen LogP contribution in [-0.4, -0.2) is 50.3 Å². The van der Waals surface area contributed by atoms with Gasteiger partial charge in [-0.1, -0.05) is 13.8 Å². The van der Waals surface area contributed by atoms with E-state index in [4.69, 9.17) is 4.74 Å². The van der Waals surface area contributed by atoms with Crippen LogP contribution < -0.4 is 0 Å². The number of rotatable bonds is 4. The lowest BCUT2D eigenvalue weighted by molar-refractivity contribution is -0.00562. The molecule has 1 N–H and O–H groups in total. The molecule has 3 rings (SSSR count). The first-order valence-electron chi connectivity index (χ1n) is 8.49. The van der Waals surface area contributed by atoms with E-state index in [1.807, 2.05) is 24.8 Å². The molecular formula is C17H25N5O2. The van der Waals surface area contributed by atoms with E-state index in [0.717, 1.165) is 17.2 Å². The van der Waals surface area contributed by atoms with Crippen LogP contribution in [0.25, 0.3) is 0 Å². The van der Waals surface area contributed by atoms with Crippen LogP contribution in [0.2, 0.25) is 0 Å². The molecule has 130 valence electrons. The highest BCUT2D eigenvalue weighted by Gasteiger charge is 2.33. The number of morpholine rings is 1. The van der Waals surface area contributed by atoms with Crippen LogP contribution in [0.4, 0.5) is 0 Å². The zero-order valence-electron chi connectivity index (χ0n) is 14.7. The van der Waals surface area contributed by atoms with Crippen LogP contribution in [0.15, 0.2) is 12.3 Å². The van der Waals surface area contributed by atoms with Crippen LogP contribution >= 0.6 is 0 Å². The molecule has 24 heavy (non-hydrogen) atoms. The molecule has 1 amide bonds. The number of H-pyrrole nitrogens is 1. The number of aromatic amines is 1. The lowest BCUT2D eigenvalue weighted by atomic mass is 10.1. The van der Waals surface area contributed by atoms with Gasteiger partial charge in [-0.25, -0.2) is 4.98 Å².